The zero-order valence-corrected chi connectivity index (χ0v) is 18.9. The average Bonchev–Trinajstić information content (AvgIpc) is 2.76. The van der Waals surface area contributed by atoms with Crippen LogP contribution in [0.4, 0.5) is 10.1 Å². The number of aryl methyl sites for hydroxylation is 2. The van der Waals surface area contributed by atoms with Crippen molar-refractivity contribution in [1.82, 2.24) is 4.31 Å². The molecule has 0 atom stereocenters. The van der Waals surface area contributed by atoms with Crippen molar-refractivity contribution in [2.75, 3.05) is 19.0 Å². The fourth-order valence-electron chi connectivity index (χ4n) is 3.25. The summed E-state index contributed by atoms with van der Waals surface area (Å²) in [5.41, 5.74) is 2.36. The first-order chi connectivity index (χ1) is 15.2. The van der Waals surface area contributed by atoms with Crippen LogP contribution in [0.3, 0.4) is 0 Å². The highest BCUT2D eigenvalue weighted by Crippen LogP contribution is 2.25. The van der Waals surface area contributed by atoms with E-state index in [1.807, 2.05) is 6.07 Å². The van der Waals surface area contributed by atoms with Gasteiger partial charge in [0.25, 0.3) is 0 Å². The maximum absolute atomic E-state index is 13.6. The maximum atomic E-state index is 13.6. The molecular formula is C24H25FN2O4S. The molecule has 0 saturated carbocycles. The summed E-state index contributed by atoms with van der Waals surface area (Å²) in [5, 5.41) is 2.62. The third-order valence-corrected chi connectivity index (χ3v) is 6.79. The van der Waals surface area contributed by atoms with Crippen molar-refractivity contribution in [3.8, 4) is 5.75 Å². The summed E-state index contributed by atoms with van der Waals surface area (Å²) < 4.78 is 46.8. The number of carbonyl (C=O) groups is 1. The van der Waals surface area contributed by atoms with Gasteiger partial charge in [0.2, 0.25) is 15.9 Å². The summed E-state index contributed by atoms with van der Waals surface area (Å²) in [4.78, 5) is 12.8. The van der Waals surface area contributed by atoms with E-state index < -0.39 is 28.3 Å². The number of carbonyl (C=O) groups excluding carboxylic acids is 1. The number of hydrogen-bond acceptors (Lipinski definition) is 4. The van der Waals surface area contributed by atoms with Crippen LogP contribution < -0.4 is 10.1 Å². The monoisotopic (exact) mass is 456 g/mol. The molecule has 1 N–H and O–H groups in total. The Hall–Kier alpha value is -3.23. The summed E-state index contributed by atoms with van der Waals surface area (Å²) in [6, 6.07) is 17.6. The number of methoxy groups -OCH3 is 1. The lowest BCUT2D eigenvalue weighted by Crippen LogP contribution is -2.37. The minimum atomic E-state index is -4.01. The Morgan fingerprint density at radius 3 is 2.38 bits per heavy atom. The van der Waals surface area contributed by atoms with Gasteiger partial charge in [-0.15, -0.1) is 0 Å². The largest absolute Gasteiger partial charge is 0.496 e. The van der Waals surface area contributed by atoms with E-state index in [-0.39, 0.29) is 11.4 Å². The standard InChI is InChI=1S/C24H25FN2O4S/c1-17-9-10-20(25)14-22(17)26-24(28)16-27(15-19-7-5-4-6-8-19)32(29,30)21-11-12-23(31-3)18(2)13-21/h4-14H,15-16H2,1-3H3,(H,26,28). The summed E-state index contributed by atoms with van der Waals surface area (Å²) in [5.74, 6) is -0.491. The second kappa shape index (κ2) is 9.93. The number of halogens is 1. The molecule has 3 aromatic rings. The molecule has 0 aromatic heterocycles. The van der Waals surface area contributed by atoms with E-state index in [2.05, 4.69) is 5.32 Å². The number of ether oxygens (including phenoxy) is 1. The summed E-state index contributed by atoms with van der Waals surface area (Å²) in [7, 11) is -2.50. The van der Waals surface area contributed by atoms with Crippen molar-refractivity contribution in [3.63, 3.8) is 0 Å². The molecule has 0 spiro atoms. The number of amides is 1. The lowest BCUT2D eigenvalue weighted by molar-refractivity contribution is -0.116. The van der Waals surface area contributed by atoms with E-state index in [0.29, 0.717) is 22.6 Å². The molecule has 0 fully saturated rings. The molecule has 0 aliphatic rings. The molecule has 0 radical (unpaired) electrons. The molecule has 32 heavy (non-hydrogen) atoms. The topological polar surface area (TPSA) is 75.7 Å². The fraction of sp³-hybridized carbons (Fsp3) is 0.208. The SMILES string of the molecule is COc1ccc(S(=O)(=O)N(CC(=O)Nc2cc(F)ccc2C)Cc2ccccc2)cc1C. The second-order valence-corrected chi connectivity index (χ2v) is 9.34. The quantitative estimate of drug-likeness (QED) is 0.549. The van der Waals surface area contributed by atoms with Crippen LogP contribution in [0.5, 0.6) is 5.75 Å². The zero-order valence-electron chi connectivity index (χ0n) is 18.1. The van der Waals surface area contributed by atoms with Crippen LogP contribution in [0.1, 0.15) is 16.7 Å². The van der Waals surface area contributed by atoms with Gasteiger partial charge in [-0.05, 0) is 60.9 Å². The molecule has 8 heteroatoms. The summed E-state index contributed by atoms with van der Waals surface area (Å²) in [6.45, 7) is 3.05. The minimum absolute atomic E-state index is 0.00377. The third-order valence-electron chi connectivity index (χ3n) is 5.00. The first-order valence-corrected chi connectivity index (χ1v) is 11.4. The Balaban J connectivity index is 1.91. The first-order valence-electron chi connectivity index (χ1n) is 9.95. The Morgan fingerprint density at radius 2 is 1.72 bits per heavy atom. The van der Waals surface area contributed by atoms with E-state index in [0.717, 1.165) is 9.87 Å². The molecule has 1 amide bonds. The Kier molecular flexibility index (Phi) is 7.27. The number of benzene rings is 3. The molecule has 0 aliphatic heterocycles. The van der Waals surface area contributed by atoms with Crippen molar-refractivity contribution in [2.45, 2.75) is 25.3 Å². The third kappa shape index (κ3) is 5.52. The Bertz CT molecular complexity index is 1210. The predicted molar refractivity (Wildman–Crippen MR) is 122 cm³/mol. The highest BCUT2D eigenvalue weighted by molar-refractivity contribution is 7.89. The van der Waals surface area contributed by atoms with Crippen LogP contribution in [-0.2, 0) is 21.4 Å². The van der Waals surface area contributed by atoms with Crippen LogP contribution in [0.15, 0.2) is 71.6 Å². The molecule has 168 valence electrons. The van der Waals surface area contributed by atoms with Gasteiger partial charge >= 0.3 is 0 Å². The zero-order chi connectivity index (χ0) is 23.3. The van der Waals surface area contributed by atoms with Gasteiger partial charge in [0.05, 0.1) is 18.6 Å². The van der Waals surface area contributed by atoms with E-state index in [4.69, 9.17) is 4.74 Å². The molecule has 0 bridgehead atoms. The van der Waals surface area contributed by atoms with Crippen LogP contribution in [0.25, 0.3) is 0 Å². The van der Waals surface area contributed by atoms with E-state index in [1.54, 1.807) is 50.2 Å². The first kappa shape index (κ1) is 23.4. The van der Waals surface area contributed by atoms with Gasteiger partial charge in [0.15, 0.2) is 0 Å². The van der Waals surface area contributed by atoms with Crippen molar-refractivity contribution >= 4 is 21.6 Å². The van der Waals surface area contributed by atoms with Gasteiger partial charge in [-0.2, -0.15) is 4.31 Å². The lowest BCUT2D eigenvalue weighted by Gasteiger charge is -2.23. The number of sulfonamides is 1. The minimum Gasteiger partial charge on any atom is -0.496 e. The van der Waals surface area contributed by atoms with Crippen molar-refractivity contribution in [3.05, 3.63) is 89.2 Å². The molecular weight excluding hydrogens is 431 g/mol. The lowest BCUT2D eigenvalue weighted by atomic mass is 10.2. The molecule has 0 aliphatic carbocycles. The predicted octanol–water partition coefficient (Wildman–Crippen LogP) is 4.28. The number of rotatable bonds is 8. The molecule has 0 unspecified atom stereocenters. The van der Waals surface area contributed by atoms with E-state index >= 15 is 0 Å². The number of hydrogen-bond donors (Lipinski definition) is 1. The normalized spacial score (nSPS) is 11.4. The molecule has 0 saturated heterocycles. The molecule has 3 aromatic carbocycles. The van der Waals surface area contributed by atoms with Crippen molar-refractivity contribution in [1.29, 1.82) is 0 Å². The van der Waals surface area contributed by atoms with E-state index in [1.165, 1.54) is 31.4 Å². The van der Waals surface area contributed by atoms with Gasteiger partial charge in [-0.25, -0.2) is 12.8 Å². The second-order valence-electron chi connectivity index (χ2n) is 7.40. The summed E-state index contributed by atoms with van der Waals surface area (Å²) in [6.07, 6.45) is 0. The van der Waals surface area contributed by atoms with Gasteiger partial charge in [0, 0.05) is 12.2 Å². The van der Waals surface area contributed by atoms with Crippen LogP contribution in [-0.4, -0.2) is 32.3 Å². The highest BCUT2D eigenvalue weighted by Gasteiger charge is 2.27. The van der Waals surface area contributed by atoms with Gasteiger partial charge < -0.3 is 10.1 Å². The maximum Gasteiger partial charge on any atom is 0.243 e. The Morgan fingerprint density at radius 1 is 1.00 bits per heavy atom. The van der Waals surface area contributed by atoms with Crippen LogP contribution >= 0.6 is 0 Å². The van der Waals surface area contributed by atoms with Gasteiger partial charge in [-0.1, -0.05) is 36.4 Å². The highest BCUT2D eigenvalue weighted by atomic mass is 32.2. The van der Waals surface area contributed by atoms with Crippen LogP contribution in [0.2, 0.25) is 0 Å². The molecule has 0 heterocycles. The Labute approximate surface area is 187 Å². The summed E-state index contributed by atoms with van der Waals surface area (Å²) >= 11 is 0. The van der Waals surface area contributed by atoms with Crippen molar-refractivity contribution < 1.29 is 22.3 Å². The molecule has 6 nitrogen and oxygen atoms in total. The fourth-order valence-corrected chi connectivity index (χ4v) is 4.72. The van der Waals surface area contributed by atoms with E-state index in [9.17, 15) is 17.6 Å². The molecule has 3 rings (SSSR count). The number of anilines is 1. The van der Waals surface area contributed by atoms with Crippen LogP contribution in [0, 0.1) is 19.7 Å². The number of nitrogens with zero attached hydrogens (tertiary/aromatic N) is 1. The average molecular weight is 457 g/mol. The van der Waals surface area contributed by atoms with Gasteiger partial charge in [-0.3, -0.25) is 4.79 Å². The van der Waals surface area contributed by atoms with Gasteiger partial charge in [0.1, 0.15) is 11.6 Å². The van der Waals surface area contributed by atoms with Crippen molar-refractivity contribution in [2.24, 2.45) is 0 Å². The smallest absolute Gasteiger partial charge is 0.243 e. The number of nitrogens with one attached hydrogen (secondary N) is 1.